The topological polar surface area (TPSA) is 87.0 Å². The molecule has 2 aromatic heterocycles. The van der Waals surface area contributed by atoms with Gasteiger partial charge in [-0.2, -0.15) is 0 Å². The van der Waals surface area contributed by atoms with Crippen molar-refractivity contribution < 1.29 is 4.74 Å². The number of aromatic nitrogens is 2. The highest BCUT2D eigenvalue weighted by Gasteiger charge is 2.09. The summed E-state index contributed by atoms with van der Waals surface area (Å²) in [4.78, 5) is 9.77. The number of pyridine rings is 2. The van der Waals surface area contributed by atoms with Gasteiger partial charge in [0, 0.05) is 11.1 Å². The van der Waals surface area contributed by atoms with Crippen LogP contribution in [0.5, 0.6) is 0 Å². The summed E-state index contributed by atoms with van der Waals surface area (Å²) in [5, 5.41) is 0.953. The molecule has 0 radical (unpaired) electrons. The summed E-state index contributed by atoms with van der Waals surface area (Å²) >= 11 is 1.63. The molecule has 5 nitrogen and oxygen atoms in total. The van der Waals surface area contributed by atoms with E-state index in [0.717, 1.165) is 21.1 Å². The third-order valence-corrected chi connectivity index (χ3v) is 4.92. The lowest BCUT2D eigenvalue weighted by Gasteiger charge is -2.10. The number of hydrogen-bond donors (Lipinski definition) is 2. The minimum absolute atomic E-state index is 0.324. The van der Waals surface area contributed by atoms with Gasteiger partial charge in [0.15, 0.2) is 0 Å². The van der Waals surface area contributed by atoms with Crippen LogP contribution in [-0.2, 0) is 11.2 Å². The van der Waals surface area contributed by atoms with Crippen molar-refractivity contribution in [1.82, 2.24) is 9.97 Å². The zero-order valence-electron chi connectivity index (χ0n) is 15.6. The second kappa shape index (κ2) is 9.10. The van der Waals surface area contributed by atoms with Gasteiger partial charge in [0.25, 0.3) is 0 Å². The van der Waals surface area contributed by atoms with Crippen LogP contribution >= 0.6 is 11.8 Å². The number of hydrogen-bond acceptors (Lipinski definition) is 6. The summed E-state index contributed by atoms with van der Waals surface area (Å²) in [7, 11) is 1.59. The Morgan fingerprint density at radius 2 is 1.89 bits per heavy atom. The van der Waals surface area contributed by atoms with E-state index in [1.54, 1.807) is 31.0 Å². The first-order valence-corrected chi connectivity index (χ1v) is 9.50. The van der Waals surface area contributed by atoms with Gasteiger partial charge in [0.05, 0.1) is 12.7 Å². The first-order chi connectivity index (χ1) is 13.5. The molecule has 0 spiro atoms. The fourth-order valence-electron chi connectivity index (χ4n) is 2.63. The summed E-state index contributed by atoms with van der Waals surface area (Å²) in [5.41, 5.74) is 14.2. The molecule has 0 fully saturated rings. The van der Waals surface area contributed by atoms with E-state index in [0.29, 0.717) is 29.4 Å². The highest BCUT2D eigenvalue weighted by Crippen LogP contribution is 2.26. The Labute approximate surface area is 169 Å². The molecule has 4 N–H and O–H groups in total. The lowest BCUT2D eigenvalue weighted by molar-refractivity contribution is 0.370. The molecule has 0 atom stereocenters. The molecular formula is C22H22N4OS. The number of allylic oxidation sites excluding steroid dienone is 2. The van der Waals surface area contributed by atoms with Crippen molar-refractivity contribution in [1.29, 1.82) is 0 Å². The van der Waals surface area contributed by atoms with Crippen LogP contribution in [0, 0.1) is 0 Å². The minimum Gasteiger partial charge on any atom is -0.496 e. The number of ether oxygens (including phenoxy) is 1. The Balaban J connectivity index is 1.68. The molecule has 0 saturated heterocycles. The van der Waals surface area contributed by atoms with Crippen molar-refractivity contribution >= 4 is 29.2 Å². The number of rotatable bonds is 7. The van der Waals surface area contributed by atoms with Crippen LogP contribution in [0.1, 0.15) is 11.1 Å². The number of nitrogens with zero attached hydrogens (tertiary/aromatic N) is 2. The summed E-state index contributed by atoms with van der Waals surface area (Å²) in [6.45, 7) is 4.13. The summed E-state index contributed by atoms with van der Waals surface area (Å²) in [5.74, 6) is 1.29. The number of benzene rings is 1. The fraction of sp³-hybridized carbons (Fsp3) is 0.0909. The average molecular weight is 391 g/mol. The van der Waals surface area contributed by atoms with Gasteiger partial charge in [-0.15, -0.1) is 0 Å². The smallest absolute Gasteiger partial charge is 0.136 e. The maximum atomic E-state index is 5.95. The van der Waals surface area contributed by atoms with Gasteiger partial charge in [0.1, 0.15) is 22.4 Å². The lowest BCUT2D eigenvalue weighted by atomic mass is 10.1. The molecule has 0 amide bonds. The van der Waals surface area contributed by atoms with Crippen molar-refractivity contribution in [3.8, 4) is 0 Å². The molecule has 0 aliphatic heterocycles. The van der Waals surface area contributed by atoms with E-state index in [4.69, 9.17) is 16.2 Å². The molecular weight excluding hydrogens is 368 g/mol. The average Bonchev–Trinajstić information content (AvgIpc) is 2.69. The SMILES string of the molecule is C=C(/C=C(\OC)c1ccc(N)nc1N)Cc1ccc(Sc2ccccc2)nc1. The van der Waals surface area contributed by atoms with E-state index in [9.17, 15) is 0 Å². The molecule has 0 aliphatic rings. The second-order valence-corrected chi connectivity index (χ2v) is 7.23. The predicted molar refractivity (Wildman–Crippen MR) is 116 cm³/mol. The molecule has 6 heteroatoms. The zero-order valence-corrected chi connectivity index (χ0v) is 16.4. The number of anilines is 2. The second-order valence-electron chi connectivity index (χ2n) is 6.14. The van der Waals surface area contributed by atoms with Crippen molar-refractivity contribution in [2.24, 2.45) is 0 Å². The Kier molecular flexibility index (Phi) is 6.34. The van der Waals surface area contributed by atoms with Crippen molar-refractivity contribution in [2.45, 2.75) is 16.3 Å². The van der Waals surface area contributed by atoms with E-state index >= 15 is 0 Å². The zero-order chi connectivity index (χ0) is 19.9. The van der Waals surface area contributed by atoms with Crippen LogP contribution in [0.2, 0.25) is 0 Å². The maximum absolute atomic E-state index is 5.95. The van der Waals surface area contributed by atoms with Crippen LogP contribution < -0.4 is 11.5 Å². The molecule has 0 saturated carbocycles. The van der Waals surface area contributed by atoms with Crippen molar-refractivity contribution in [3.63, 3.8) is 0 Å². The first kappa shape index (κ1) is 19.5. The molecule has 0 aliphatic carbocycles. The van der Waals surface area contributed by atoms with Gasteiger partial charge >= 0.3 is 0 Å². The quantitative estimate of drug-likeness (QED) is 0.454. The third kappa shape index (κ3) is 5.14. The number of nitrogen functional groups attached to an aromatic ring is 2. The normalized spacial score (nSPS) is 11.2. The number of methoxy groups -OCH3 is 1. The highest BCUT2D eigenvalue weighted by molar-refractivity contribution is 7.99. The predicted octanol–water partition coefficient (Wildman–Crippen LogP) is 4.58. The standard InChI is InChI=1S/C22H22N4OS/c1-15(13-19(27-2)18-9-10-20(23)26-22(18)24)12-16-8-11-21(25-14-16)28-17-6-4-3-5-7-17/h3-11,13-14H,1,12H2,2H3,(H4,23,24,26)/b19-13-. The maximum Gasteiger partial charge on any atom is 0.136 e. The first-order valence-electron chi connectivity index (χ1n) is 8.69. The molecule has 0 bridgehead atoms. The van der Waals surface area contributed by atoms with Crippen LogP contribution in [-0.4, -0.2) is 17.1 Å². The Morgan fingerprint density at radius 1 is 1.11 bits per heavy atom. The van der Waals surface area contributed by atoms with E-state index in [2.05, 4.69) is 34.7 Å². The van der Waals surface area contributed by atoms with Gasteiger partial charge in [-0.25, -0.2) is 9.97 Å². The molecule has 0 unspecified atom stereocenters. The minimum atomic E-state index is 0.324. The van der Waals surface area contributed by atoms with E-state index < -0.39 is 0 Å². The van der Waals surface area contributed by atoms with Crippen LogP contribution in [0.25, 0.3) is 5.76 Å². The van der Waals surface area contributed by atoms with Crippen molar-refractivity contribution in [2.75, 3.05) is 18.6 Å². The lowest BCUT2D eigenvalue weighted by Crippen LogP contribution is -2.02. The molecule has 142 valence electrons. The van der Waals surface area contributed by atoms with Gasteiger partial charge in [-0.1, -0.05) is 42.6 Å². The molecule has 1 aromatic carbocycles. The monoisotopic (exact) mass is 390 g/mol. The molecule has 28 heavy (non-hydrogen) atoms. The van der Waals surface area contributed by atoms with Gasteiger partial charge in [-0.3, -0.25) is 0 Å². The Morgan fingerprint density at radius 3 is 2.54 bits per heavy atom. The van der Waals surface area contributed by atoms with E-state index in [-0.39, 0.29) is 0 Å². The van der Waals surface area contributed by atoms with E-state index in [1.165, 1.54) is 0 Å². The highest BCUT2D eigenvalue weighted by atomic mass is 32.2. The molecule has 3 aromatic rings. The van der Waals surface area contributed by atoms with Crippen LogP contribution in [0.3, 0.4) is 0 Å². The molecule has 2 heterocycles. The Hall–Kier alpha value is -3.25. The van der Waals surface area contributed by atoms with Gasteiger partial charge < -0.3 is 16.2 Å². The largest absolute Gasteiger partial charge is 0.496 e. The number of nitrogens with two attached hydrogens (primary N) is 2. The Bertz CT molecular complexity index is 985. The van der Waals surface area contributed by atoms with Gasteiger partial charge in [-0.05, 0) is 54.0 Å². The summed E-state index contributed by atoms with van der Waals surface area (Å²) in [6, 6.07) is 17.7. The third-order valence-electron chi connectivity index (χ3n) is 3.96. The fourth-order valence-corrected chi connectivity index (χ4v) is 3.41. The summed E-state index contributed by atoms with van der Waals surface area (Å²) in [6.07, 6.45) is 4.38. The molecule has 3 rings (SSSR count). The van der Waals surface area contributed by atoms with E-state index in [1.807, 2.05) is 36.5 Å². The van der Waals surface area contributed by atoms with Crippen LogP contribution in [0.15, 0.2) is 88.9 Å². The van der Waals surface area contributed by atoms with Gasteiger partial charge in [0.2, 0.25) is 0 Å². The van der Waals surface area contributed by atoms with Crippen molar-refractivity contribution in [3.05, 3.63) is 90.1 Å². The summed E-state index contributed by atoms with van der Waals surface area (Å²) < 4.78 is 5.47. The van der Waals surface area contributed by atoms with Crippen LogP contribution in [0.4, 0.5) is 11.6 Å².